The highest BCUT2D eigenvalue weighted by atomic mass is 16.6. The number of ether oxygens (including phenoxy) is 1. The van der Waals surface area contributed by atoms with E-state index in [9.17, 15) is 4.79 Å². The Hall–Kier alpha value is -1.56. The Bertz CT molecular complexity index is 423. The second-order valence-corrected chi connectivity index (χ2v) is 5.82. The Balaban J connectivity index is 2.26. The molecule has 0 saturated carbocycles. The number of carbonyl (C=O) groups is 1. The first-order valence-electron chi connectivity index (χ1n) is 7.02. The van der Waals surface area contributed by atoms with Gasteiger partial charge in [0.1, 0.15) is 5.60 Å². The maximum atomic E-state index is 11.6. The Morgan fingerprint density at radius 3 is 2.80 bits per heavy atom. The van der Waals surface area contributed by atoms with Gasteiger partial charge in [-0.1, -0.05) is 0 Å². The van der Waals surface area contributed by atoms with Gasteiger partial charge in [0, 0.05) is 31.9 Å². The average molecular weight is 282 g/mol. The van der Waals surface area contributed by atoms with E-state index in [4.69, 9.17) is 4.74 Å². The van der Waals surface area contributed by atoms with Gasteiger partial charge in [-0.2, -0.15) is 5.10 Å². The van der Waals surface area contributed by atoms with Crippen LogP contribution in [0.15, 0.2) is 12.3 Å². The molecule has 1 unspecified atom stereocenters. The van der Waals surface area contributed by atoms with Crippen molar-refractivity contribution in [1.29, 1.82) is 0 Å². The first-order valence-corrected chi connectivity index (χ1v) is 7.02. The van der Waals surface area contributed by atoms with Gasteiger partial charge in [0.25, 0.3) is 0 Å². The van der Waals surface area contributed by atoms with Crippen molar-refractivity contribution in [2.24, 2.45) is 0 Å². The highest BCUT2D eigenvalue weighted by Crippen LogP contribution is 2.06. The van der Waals surface area contributed by atoms with Crippen molar-refractivity contribution in [2.75, 3.05) is 6.54 Å². The minimum Gasteiger partial charge on any atom is -0.444 e. The van der Waals surface area contributed by atoms with E-state index in [1.165, 1.54) is 0 Å². The van der Waals surface area contributed by atoms with Gasteiger partial charge in [-0.05, 0) is 40.7 Å². The van der Waals surface area contributed by atoms with Crippen molar-refractivity contribution in [3.63, 3.8) is 0 Å². The molecule has 2 N–H and O–H groups in total. The van der Waals surface area contributed by atoms with E-state index in [2.05, 4.69) is 22.7 Å². The molecule has 0 bridgehead atoms. The van der Waals surface area contributed by atoms with E-state index in [1.807, 2.05) is 38.4 Å². The number of carbonyl (C=O) groups excluding carboxylic acids is 1. The van der Waals surface area contributed by atoms with Crippen LogP contribution in [-0.2, 0) is 17.8 Å². The predicted molar refractivity (Wildman–Crippen MR) is 78.4 cm³/mol. The Labute approximate surface area is 120 Å². The third kappa shape index (κ3) is 6.06. The van der Waals surface area contributed by atoms with Gasteiger partial charge in [-0.25, -0.2) is 4.79 Å². The van der Waals surface area contributed by atoms with E-state index in [-0.39, 0.29) is 12.1 Å². The van der Waals surface area contributed by atoms with E-state index >= 15 is 0 Å². The van der Waals surface area contributed by atoms with Crippen LogP contribution in [0.5, 0.6) is 0 Å². The first-order chi connectivity index (χ1) is 9.31. The molecule has 114 valence electrons. The third-order valence-electron chi connectivity index (χ3n) is 2.62. The summed E-state index contributed by atoms with van der Waals surface area (Å²) in [4.78, 5) is 11.6. The van der Waals surface area contributed by atoms with Gasteiger partial charge < -0.3 is 15.4 Å². The van der Waals surface area contributed by atoms with Crippen LogP contribution in [0.3, 0.4) is 0 Å². The van der Waals surface area contributed by atoms with Crippen molar-refractivity contribution >= 4 is 6.09 Å². The third-order valence-corrected chi connectivity index (χ3v) is 2.62. The fraction of sp³-hybridized carbons (Fsp3) is 0.714. The topological polar surface area (TPSA) is 68.2 Å². The van der Waals surface area contributed by atoms with E-state index in [1.54, 1.807) is 6.20 Å². The second kappa shape index (κ2) is 7.28. The van der Waals surface area contributed by atoms with Crippen LogP contribution in [0.1, 0.15) is 40.3 Å². The van der Waals surface area contributed by atoms with Crippen LogP contribution in [0, 0.1) is 0 Å². The highest BCUT2D eigenvalue weighted by molar-refractivity contribution is 5.68. The summed E-state index contributed by atoms with van der Waals surface area (Å²) >= 11 is 0. The number of hydrogen-bond donors (Lipinski definition) is 2. The molecular formula is C14H26N4O2. The van der Waals surface area contributed by atoms with Crippen LogP contribution in [0.2, 0.25) is 0 Å². The SMILES string of the molecule is CCn1nccc1CNCC(C)NC(=O)OC(C)(C)C. The van der Waals surface area contributed by atoms with Crippen molar-refractivity contribution in [1.82, 2.24) is 20.4 Å². The predicted octanol–water partition coefficient (Wildman–Crippen LogP) is 1.91. The van der Waals surface area contributed by atoms with Crippen molar-refractivity contribution in [2.45, 2.75) is 59.4 Å². The number of nitrogens with one attached hydrogen (secondary N) is 2. The summed E-state index contributed by atoms with van der Waals surface area (Å²) in [6.07, 6.45) is 1.41. The molecule has 20 heavy (non-hydrogen) atoms. The molecule has 1 atom stereocenters. The number of amides is 1. The largest absolute Gasteiger partial charge is 0.444 e. The molecule has 0 spiro atoms. The zero-order valence-corrected chi connectivity index (χ0v) is 13.1. The average Bonchev–Trinajstić information content (AvgIpc) is 2.73. The van der Waals surface area contributed by atoms with Gasteiger partial charge in [0.15, 0.2) is 0 Å². The van der Waals surface area contributed by atoms with Gasteiger partial charge in [0.05, 0.1) is 5.69 Å². The standard InChI is InChI=1S/C14H26N4O2/c1-6-18-12(7-8-16-18)10-15-9-11(2)17-13(19)20-14(3,4)5/h7-8,11,15H,6,9-10H2,1-5H3,(H,17,19). The van der Waals surface area contributed by atoms with Crippen LogP contribution in [0.4, 0.5) is 4.79 Å². The molecule has 6 heteroatoms. The lowest BCUT2D eigenvalue weighted by molar-refractivity contribution is 0.0508. The van der Waals surface area contributed by atoms with Gasteiger partial charge in [0.2, 0.25) is 0 Å². The smallest absolute Gasteiger partial charge is 0.407 e. The number of aromatic nitrogens is 2. The number of aryl methyl sites for hydroxylation is 1. The van der Waals surface area contributed by atoms with E-state index in [0.29, 0.717) is 6.54 Å². The van der Waals surface area contributed by atoms with Gasteiger partial charge in [-0.3, -0.25) is 4.68 Å². The monoisotopic (exact) mass is 282 g/mol. The summed E-state index contributed by atoms with van der Waals surface area (Å²) in [5.41, 5.74) is 0.669. The number of alkyl carbamates (subject to hydrolysis) is 1. The fourth-order valence-electron chi connectivity index (χ4n) is 1.77. The summed E-state index contributed by atoms with van der Waals surface area (Å²) in [7, 11) is 0. The maximum Gasteiger partial charge on any atom is 0.407 e. The molecule has 0 saturated heterocycles. The molecule has 0 aliphatic rings. The normalized spacial score (nSPS) is 13.1. The molecule has 6 nitrogen and oxygen atoms in total. The molecule has 1 amide bonds. The molecular weight excluding hydrogens is 256 g/mol. The highest BCUT2D eigenvalue weighted by Gasteiger charge is 2.17. The Kier molecular flexibility index (Phi) is 6.01. The van der Waals surface area contributed by atoms with Gasteiger partial charge >= 0.3 is 6.09 Å². The Morgan fingerprint density at radius 2 is 2.20 bits per heavy atom. The number of hydrogen-bond acceptors (Lipinski definition) is 4. The molecule has 0 aromatic carbocycles. The molecule has 0 fully saturated rings. The van der Waals surface area contributed by atoms with Crippen molar-refractivity contribution < 1.29 is 9.53 Å². The van der Waals surface area contributed by atoms with E-state index < -0.39 is 5.60 Å². The summed E-state index contributed by atoms with van der Waals surface area (Å²) in [6, 6.07) is 1.99. The van der Waals surface area contributed by atoms with Gasteiger partial charge in [-0.15, -0.1) is 0 Å². The second-order valence-electron chi connectivity index (χ2n) is 5.82. The van der Waals surface area contributed by atoms with Crippen LogP contribution >= 0.6 is 0 Å². The van der Waals surface area contributed by atoms with Crippen LogP contribution < -0.4 is 10.6 Å². The summed E-state index contributed by atoms with van der Waals surface area (Å²) in [5, 5.41) is 10.3. The quantitative estimate of drug-likeness (QED) is 0.836. The van der Waals surface area contributed by atoms with Crippen LogP contribution in [0.25, 0.3) is 0 Å². The molecule has 0 aliphatic carbocycles. The zero-order chi connectivity index (χ0) is 15.2. The molecule has 1 aromatic heterocycles. The summed E-state index contributed by atoms with van der Waals surface area (Å²) in [5.74, 6) is 0. The number of rotatable bonds is 6. The molecule has 1 heterocycles. The van der Waals surface area contributed by atoms with Crippen LogP contribution in [-0.4, -0.2) is 34.1 Å². The molecule has 1 rings (SSSR count). The van der Waals surface area contributed by atoms with Crippen molar-refractivity contribution in [3.8, 4) is 0 Å². The molecule has 1 aromatic rings. The summed E-state index contributed by atoms with van der Waals surface area (Å²) in [6.45, 7) is 11.8. The lowest BCUT2D eigenvalue weighted by Gasteiger charge is -2.22. The minimum absolute atomic E-state index is 0.00264. The lowest BCUT2D eigenvalue weighted by atomic mass is 10.2. The van der Waals surface area contributed by atoms with E-state index in [0.717, 1.165) is 18.8 Å². The number of nitrogens with zero attached hydrogens (tertiary/aromatic N) is 2. The molecule has 0 aliphatic heterocycles. The zero-order valence-electron chi connectivity index (χ0n) is 13.1. The fourth-order valence-corrected chi connectivity index (χ4v) is 1.77. The minimum atomic E-state index is -0.467. The molecule has 0 radical (unpaired) electrons. The maximum absolute atomic E-state index is 11.6. The van der Waals surface area contributed by atoms with Crippen molar-refractivity contribution in [3.05, 3.63) is 18.0 Å². The summed E-state index contributed by atoms with van der Waals surface area (Å²) < 4.78 is 7.15. The Morgan fingerprint density at radius 1 is 1.50 bits per heavy atom. The first kappa shape index (κ1) is 16.5. The lowest BCUT2D eigenvalue weighted by Crippen LogP contribution is -2.42.